The first-order valence-corrected chi connectivity index (χ1v) is 11.0. The normalized spacial score (nSPS) is 32.5. The number of fused-ring (bicyclic) bond motifs is 5. The summed E-state index contributed by atoms with van der Waals surface area (Å²) in [5.74, 6) is 2.30. The van der Waals surface area contributed by atoms with Crippen LogP contribution in [0.3, 0.4) is 0 Å². The van der Waals surface area contributed by atoms with Crippen LogP contribution in [-0.4, -0.2) is 5.78 Å². The third-order valence-corrected chi connectivity index (χ3v) is 8.23. The Morgan fingerprint density at radius 1 is 1.00 bits per heavy atom. The largest absolute Gasteiger partial charge is 0.294 e. The molecule has 0 amide bonds. The molecule has 0 radical (unpaired) electrons. The Morgan fingerprint density at radius 3 is 2.67 bits per heavy atom. The second-order valence-corrected chi connectivity index (χ2v) is 9.59. The van der Waals surface area contributed by atoms with Crippen molar-refractivity contribution in [2.45, 2.75) is 63.7 Å². The van der Waals surface area contributed by atoms with Crippen molar-refractivity contribution in [1.29, 1.82) is 0 Å². The lowest BCUT2D eigenvalue weighted by atomic mass is 9.63. The van der Waals surface area contributed by atoms with Gasteiger partial charge < -0.3 is 0 Å². The zero-order valence-electron chi connectivity index (χ0n) is 16.0. The molecular formula is C26H28O. The van der Waals surface area contributed by atoms with E-state index in [9.17, 15) is 4.79 Å². The van der Waals surface area contributed by atoms with Crippen LogP contribution < -0.4 is 0 Å². The minimum absolute atomic E-state index is 0.0823. The molecule has 0 aromatic heterocycles. The summed E-state index contributed by atoms with van der Waals surface area (Å²) < 4.78 is 0. The van der Waals surface area contributed by atoms with Gasteiger partial charge in [0.1, 0.15) is 0 Å². The number of carbonyl (C=O) groups is 1. The topological polar surface area (TPSA) is 17.1 Å². The Morgan fingerprint density at radius 2 is 1.89 bits per heavy atom. The van der Waals surface area contributed by atoms with E-state index in [4.69, 9.17) is 0 Å². The predicted molar refractivity (Wildman–Crippen MR) is 110 cm³/mol. The second-order valence-electron chi connectivity index (χ2n) is 9.59. The molecule has 3 unspecified atom stereocenters. The Hall–Kier alpha value is -1.89. The van der Waals surface area contributed by atoms with E-state index in [2.05, 4.69) is 42.5 Å². The first-order chi connectivity index (χ1) is 13.2. The van der Waals surface area contributed by atoms with Gasteiger partial charge >= 0.3 is 0 Å². The van der Waals surface area contributed by atoms with Crippen LogP contribution in [0, 0.1) is 17.3 Å². The summed E-state index contributed by atoms with van der Waals surface area (Å²) in [6.07, 6.45) is 15.9. The summed E-state index contributed by atoms with van der Waals surface area (Å²) >= 11 is 0. The highest BCUT2D eigenvalue weighted by Gasteiger charge is 2.54. The monoisotopic (exact) mass is 356 g/mol. The van der Waals surface area contributed by atoms with Gasteiger partial charge in [0.15, 0.2) is 5.78 Å². The maximum absolute atomic E-state index is 13.6. The summed E-state index contributed by atoms with van der Waals surface area (Å²) in [7, 11) is 0. The predicted octanol–water partition coefficient (Wildman–Crippen LogP) is 6.60. The molecule has 2 aromatic rings. The van der Waals surface area contributed by atoms with E-state index >= 15 is 0 Å². The van der Waals surface area contributed by atoms with Gasteiger partial charge in [0.25, 0.3) is 0 Å². The van der Waals surface area contributed by atoms with E-state index in [0.29, 0.717) is 23.5 Å². The molecule has 2 saturated carbocycles. The Labute approximate surface area is 161 Å². The fraction of sp³-hybridized carbons (Fsp3) is 0.500. The summed E-state index contributed by atoms with van der Waals surface area (Å²) in [4.78, 5) is 13.6. The molecule has 6 rings (SSSR count). The number of rotatable bonds is 1. The van der Waals surface area contributed by atoms with E-state index in [1.165, 1.54) is 60.4 Å². The molecule has 138 valence electrons. The number of carbonyl (C=O) groups excluding carboxylic acids is 1. The molecule has 3 atom stereocenters. The van der Waals surface area contributed by atoms with E-state index in [0.717, 1.165) is 24.8 Å². The number of Topliss-reactive ketones (excluding diaryl/α,β-unsaturated/α-hetero) is 1. The lowest BCUT2D eigenvalue weighted by Gasteiger charge is -2.38. The Kier molecular flexibility index (Phi) is 3.46. The van der Waals surface area contributed by atoms with Crippen molar-refractivity contribution in [2.75, 3.05) is 0 Å². The Balaban J connectivity index is 1.45. The van der Waals surface area contributed by atoms with E-state index in [1.54, 1.807) is 0 Å². The molecule has 27 heavy (non-hydrogen) atoms. The zero-order chi connectivity index (χ0) is 18.0. The van der Waals surface area contributed by atoms with Gasteiger partial charge in [-0.05, 0) is 84.2 Å². The average Bonchev–Trinajstić information content (AvgIpc) is 3.32. The van der Waals surface area contributed by atoms with Gasteiger partial charge in [-0.15, -0.1) is 0 Å². The number of hydrogen-bond donors (Lipinski definition) is 0. The van der Waals surface area contributed by atoms with Crippen molar-refractivity contribution in [1.82, 2.24) is 0 Å². The van der Waals surface area contributed by atoms with Gasteiger partial charge in [-0.25, -0.2) is 0 Å². The highest BCUT2D eigenvalue weighted by atomic mass is 16.1. The molecule has 2 fully saturated rings. The van der Waals surface area contributed by atoms with Gasteiger partial charge in [-0.1, -0.05) is 55.7 Å². The standard InChI is InChI=1S/C26H28O/c27-25-24-15-19-7-4-8-22(18-5-2-1-3-6-18)23(19)14-20(24)11-12-26(25)16-17-9-10-21(26)13-17/h4,7-10,14-15,17-18,21H,1-3,5-6,11-13,16H2. The number of aryl methyl sites for hydroxylation is 1. The highest BCUT2D eigenvalue weighted by molar-refractivity contribution is 6.06. The smallest absolute Gasteiger partial charge is 0.169 e. The van der Waals surface area contributed by atoms with Gasteiger partial charge in [0, 0.05) is 11.0 Å². The van der Waals surface area contributed by atoms with Crippen LogP contribution in [0.25, 0.3) is 10.8 Å². The van der Waals surface area contributed by atoms with Crippen LogP contribution in [0.5, 0.6) is 0 Å². The maximum atomic E-state index is 13.6. The van der Waals surface area contributed by atoms with Crippen molar-refractivity contribution in [2.24, 2.45) is 17.3 Å². The van der Waals surface area contributed by atoms with E-state index < -0.39 is 0 Å². The average molecular weight is 357 g/mol. The molecule has 1 nitrogen and oxygen atoms in total. The first-order valence-electron chi connectivity index (χ1n) is 11.0. The van der Waals surface area contributed by atoms with Crippen molar-refractivity contribution in [3.8, 4) is 0 Å². The minimum atomic E-state index is -0.0823. The molecule has 4 aliphatic carbocycles. The zero-order valence-corrected chi connectivity index (χ0v) is 16.0. The lowest BCUT2D eigenvalue weighted by molar-refractivity contribution is 0.0703. The van der Waals surface area contributed by atoms with Crippen LogP contribution in [-0.2, 0) is 6.42 Å². The van der Waals surface area contributed by atoms with E-state index in [-0.39, 0.29) is 5.41 Å². The minimum Gasteiger partial charge on any atom is -0.294 e. The van der Waals surface area contributed by atoms with Gasteiger partial charge in [-0.2, -0.15) is 0 Å². The molecular weight excluding hydrogens is 328 g/mol. The summed E-state index contributed by atoms with van der Waals surface area (Å²) in [6.45, 7) is 0. The number of hydrogen-bond acceptors (Lipinski definition) is 1. The first kappa shape index (κ1) is 16.1. The van der Waals surface area contributed by atoms with E-state index in [1.807, 2.05) is 0 Å². The van der Waals surface area contributed by atoms with Crippen molar-refractivity contribution < 1.29 is 4.79 Å². The van der Waals surface area contributed by atoms with Crippen LogP contribution in [0.1, 0.15) is 78.8 Å². The summed E-state index contributed by atoms with van der Waals surface area (Å²) in [5.41, 5.74) is 3.80. The van der Waals surface area contributed by atoms with Crippen molar-refractivity contribution in [3.63, 3.8) is 0 Å². The molecule has 2 aromatic carbocycles. The quantitative estimate of drug-likeness (QED) is 0.526. The molecule has 1 spiro atoms. The summed E-state index contributed by atoms with van der Waals surface area (Å²) in [6, 6.07) is 11.4. The highest BCUT2D eigenvalue weighted by Crippen LogP contribution is 2.58. The lowest BCUT2D eigenvalue weighted by Crippen LogP contribution is -2.39. The second kappa shape index (κ2) is 5.80. The third-order valence-electron chi connectivity index (χ3n) is 8.23. The molecule has 0 saturated heterocycles. The fourth-order valence-electron chi connectivity index (χ4n) is 6.83. The van der Waals surface area contributed by atoms with Crippen molar-refractivity contribution in [3.05, 3.63) is 59.2 Å². The SMILES string of the molecule is O=C1c2cc3cccc(C4CCCCC4)c3cc2CCC12CC1C=CC2C1. The molecule has 0 heterocycles. The molecule has 0 N–H and O–H groups in total. The fourth-order valence-corrected chi connectivity index (χ4v) is 6.83. The van der Waals surface area contributed by atoms with Crippen LogP contribution in [0.4, 0.5) is 0 Å². The molecule has 4 aliphatic rings. The number of ketones is 1. The molecule has 2 bridgehead atoms. The van der Waals surface area contributed by atoms with Gasteiger partial charge in [0.05, 0.1) is 0 Å². The van der Waals surface area contributed by atoms with Gasteiger partial charge in [0.2, 0.25) is 0 Å². The summed E-state index contributed by atoms with van der Waals surface area (Å²) in [5, 5.41) is 2.70. The van der Waals surface area contributed by atoms with Gasteiger partial charge in [-0.3, -0.25) is 4.79 Å². The Bertz CT molecular complexity index is 962. The van der Waals surface area contributed by atoms with Crippen LogP contribution in [0.15, 0.2) is 42.5 Å². The van der Waals surface area contributed by atoms with Crippen molar-refractivity contribution >= 4 is 16.6 Å². The van der Waals surface area contributed by atoms with Crippen LogP contribution >= 0.6 is 0 Å². The molecule has 1 heteroatoms. The number of allylic oxidation sites excluding steroid dienone is 2. The number of benzene rings is 2. The molecule has 0 aliphatic heterocycles. The third kappa shape index (κ3) is 2.27. The maximum Gasteiger partial charge on any atom is 0.169 e. The van der Waals surface area contributed by atoms with Crippen LogP contribution in [0.2, 0.25) is 0 Å².